The SMILES string of the molecule is NO[C@H]1O[C@H]([C@@H](O)CO)[C@H](O)[C@H]1O. The van der Waals surface area contributed by atoms with Crippen molar-refractivity contribution in [2.75, 3.05) is 6.61 Å². The summed E-state index contributed by atoms with van der Waals surface area (Å²) in [7, 11) is 0. The van der Waals surface area contributed by atoms with E-state index < -0.39 is 37.3 Å². The summed E-state index contributed by atoms with van der Waals surface area (Å²) in [5.41, 5.74) is 0. The lowest BCUT2D eigenvalue weighted by molar-refractivity contribution is -0.182. The quantitative estimate of drug-likeness (QED) is 0.298. The molecule has 5 atom stereocenters. The van der Waals surface area contributed by atoms with Gasteiger partial charge in [-0.1, -0.05) is 0 Å². The molecule has 0 saturated carbocycles. The smallest absolute Gasteiger partial charge is 0.206 e. The highest BCUT2D eigenvalue weighted by molar-refractivity contribution is 4.90. The van der Waals surface area contributed by atoms with E-state index in [4.69, 9.17) is 20.8 Å². The van der Waals surface area contributed by atoms with Crippen molar-refractivity contribution in [2.24, 2.45) is 5.90 Å². The Labute approximate surface area is 74.3 Å². The van der Waals surface area contributed by atoms with Gasteiger partial charge in [0.15, 0.2) is 0 Å². The summed E-state index contributed by atoms with van der Waals surface area (Å²) >= 11 is 0. The maximum absolute atomic E-state index is 9.28. The Bertz CT molecular complexity index is 167. The van der Waals surface area contributed by atoms with Crippen molar-refractivity contribution in [3.8, 4) is 0 Å². The minimum absolute atomic E-state index is 0.578. The van der Waals surface area contributed by atoms with Gasteiger partial charge < -0.3 is 25.2 Å². The van der Waals surface area contributed by atoms with Crippen LogP contribution in [0.25, 0.3) is 0 Å². The van der Waals surface area contributed by atoms with Crippen LogP contribution in [0.4, 0.5) is 0 Å². The van der Waals surface area contributed by atoms with Gasteiger partial charge in [0.05, 0.1) is 6.61 Å². The highest BCUT2D eigenvalue weighted by Gasteiger charge is 2.46. The highest BCUT2D eigenvalue weighted by atomic mass is 16.8. The van der Waals surface area contributed by atoms with Crippen molar-refractivity contribution in [2.45, 2.75) is 30.7 Å². The zero-order chi connectivity index (χ0) is 10.0. The monoisotopic (exact) mass is 195 g/mol. The van der Waals surface area contributed by atoms with E-state index in [2.05, 4.69) is 4.84 Å². The van der Waals surface area contributed by atoms with Crippen molar-refractivity contribution in [3.05, 3.63) is 0 Å². The lowest BCUT2D eigenvalue weighted by Gasteiger charge is -2.18. The summed E-state index contributed by atoms with van der Waals surface area (Å²) in [4.78, 5) is 4.19. The third kappa shape index (κ3) is 1.97. The average Bonchev–Trinajstić information content (AvgIpc) is 2.43. The van der Waals surface area contributed by atoms with Gasteiger partial charge in [0.25, 0.3) is 0 Å². The molecule has 1 aliphatic heterocycles. The summed E-state index contributed by atoms with van der Waals surface area (Å²) in [5, 5.41) is 36.2. The Morgan fingerprint density at radius 3 is 2.38 bits per heavy atom. The maximum atomic E-state index is 9.28. The molecule has 1 fully saturated rings. The number of hydrogen-bond donors (Lipinski definition) is 5. The molecule has 0 radical (unpaired) electrons. The molecule has 13 heavy (non-hydrogen) atoms. The molecule has 0 aliphatic carbocycles. The predicted molar refractivity (Wildman–Crippen MR) is 39.0 cm³/mol. The van der Waals surface area contributed by atoms with Gasteiger partial charge >= 0.3 is 0 Å². The van der Waals surface area contributed by atoms with Gasteiger partial charge in [0.2, 0.25) is 6.29 Å². The van der Waals surface area contributed by atoms with Crippen LogP contribution in [-0.4, -0.2) is 57.7 Å². The molecule has 0 aromatic heterocycles. The third-order valence-corrected chi connectivity index (χ3v) is 1.96. The van der Waals surface area contributed by atoms with Crippen LogP contribution in [0.15, 0.2) is 0 Å². The molecule has 0 unspecified atom stereocenters. The highest BCUT2D eigenvalue weighted by Crippen LogP contribution is 2.23. The van der Waals surface area contributed by atoms with Gasteiger partial charge in [0, 0.05) is 0 Å². The van der Waals surface area contributed by atoms with Crippen LogP contribution in [0.5, 0.6) is 0 Å². The fourth-order valence-electron chi connectivity index (χ4n) is 1.21. The second kappa shape index (κ2) is 4.29. The number of rotatable bonds is 3. The Morgan fingerprint density at radius 1 is 1.38 bits per heavy atom. The summed E-state index contributed by atoms with van der Waals surface area (Å²) in [6.45, 7) is -0.578. The molecule has 0 amide bonds. The van der Waals surface area contributed by atoms with E-state index >= 15 is 0 Å². The van der Waals surface area contributed by atoms with E-state index in [0.717, 1.165) is 0 Å². The van der Waals surface area contributed by atoms with Crippen molar-refractivity contribution in [1.29, 1.82) is 0 Å². The normalized spacial score (nSPS) is 42.2. The van der Waals surface area contributed by atoms with Crippen LogP contribution in [0.1, 0.15) is 0 Å². The molecule has 6 N–H and O–H groups in total. The molecule has 1 rings (SSSR count). The predicted octanol–water partition coefficient (Wildman–Crippen LogP) is -3.32. The standard InChI is InChI=1S/C6H13NO6/c7-13-6-4(11)3(10)5(12-6)2(9)1-8/h2-6,8-11H,1,7H2/t2-,3+,4+,5+,6+/m0/s1. The van der Waals surface area contributed by atoms with Crippen LogP contribution >= 0.6 is 0 Å². The topological polar surface area (TPSA) is 125 Å². The average molecular weight is 195 g/mol. The maximum Gasteiger partial charge on any atom is 0.206 e. The Hall–Kier alpha value is -0.280. The lowest BCUT2D eigenvalue weighted by atomic mass is 10.1. The van der Waals surface area contributed by atoms with Gasteiger partial charge in [-0.05, 0) is 0 Å². The number of aliphatic hydroxyl groups is 4. The van der Waals surface area contributed by atoms with Crippen LogP contribution < -0.4 is 5.90 Å². The van der Waals surface area contributed by atoms with E-state index in [0.29, 0.717) is 0 Å². The Morgan fingerprint density at radius 2 is 2.00 bits per heavy atom. The summed E-state index contributed by atoms with van der Waals surface area (Å²) in [6.07, 6.45) is -6.19. The number of ether oxygens (including phenoxy) is 1. The molecule has 7 heteroatoms. The molecule has 0 aromatic carbocycles. The van der Waals surface area contributed by atoms with Gasteiger partial charge in [-0.25, -0.2) is 5.90 Å². The fraction of sp³-hybridized carbons (Fsp3) is 1.00. The first-order valence-electron chi connectivity index (χ1n) is 3.78. The van der Waals surface area contributed by atoms with E-state index in [-0.39, 0.29) is 0 Å². The van der Waals surface area contributed by atoms with Crippen molar-refractivity contribution in [3.63, 3.8) is 0 Å². The number of hydrogen-bond acceptors (Lipinski definition) is 7. The largest absolute Gasteiger partial charge is 0.394 e. The van der Waals surface area contributed by atoms with Crippen LogP contribution in [0.2, 0.25) is 0 Å². The second-order valence-corrected chi connectivity index (χ2v) is 2.84. The molecule has 0 bridgehead atoms. The Kier molecular flexibility index (Phi) is 3.56. The Balaban J connectivity index is 2.60. The molecule has 7 nitrogen and oxygen atoms in total. The molecule has 1 heterocycles. The van der Waals surface area contributed by atoms with Gasteiger partial charge in [-0.3, -0.25) is 4.84 Å². The van der Waals surface area contributed by atoms with Gasteiger partial charge in [-0.15, -0.1) is 0 Å². The molecule has 78 valence electrons. The molecular weight excluding hydrogens is 182 g/mol. The van der Waals surface area contributed by atoms with Gasteiger partial charge in [-0.2, -0.15) is 0 Å². The zero-order valence-corrected chi connectivity index (χ0v) is 6.78. The molecular formula is C6H13NO6. The van der Waals surface area contributed by atoms with Gasteiger partial charge in [0.1, 0.15) is 24.4 Å². The number of nitrogens with two attached hydrogens (primary N) is 1. The van der Waals surface area contributed by atoms with E-state index in [1.54, 1.807) is 0 Å². The molecule has 0 aromatic rings. The minimum atomic E-state index is -1.32. The molecule has 1 aliphatic rings. The summed E-state index contributed by atoms with van der Waals surface area (Å²) in [5.74, 6) is 4.75. The van der Waals surface area contributed by atoms with Crippen LogP contribution in [-0.2, 0) is 9.57 Å². The van der Waals surface area contributed by atoms with E-state index in [1.165, 1.54) is 0 Å². The van der Waals surface area contributed by atoms with E-state index in [1.807, 2.05) is 0 Å². The van der Waals surface area contributed by atoms with Crippen molar-refractivity contribution in [1.82, 2.24) is 0 Å². The second-order valence-electron chi connectivity index (χ2n) is 2.84. The first-order valence-corrected chi connectivity index (χ1v) is 3.78. The van der Waals surface area contributed by atoms with Crippen molar-refractivity contribution >= 4 is 0 Å². The zero-order valence-electron chi connectivity index (χ0n) is 6.78. The summed E-state index contributed by atoms with van der Waals surface area (Å²) in [6, 6.07) is 0. The van der Waals surface area contributed by atoms with Crippen molar-refractivity contribution < 1.29 is 30.0 Å². The number of aliphatic hydroxyl groups excluding tert-OH is 4. The molecule has 0 spiro atoms. The lowest BCUT2D eigenvalue weighted by Crippen LogP contribution is -2.40. The molecule has 1 saturated heterocycles. The van der Waals surface area contributed by atoms with Crippen LogP contribution in [0, 0.1) is 0 Å². The first kappa shape index (κ1) is 10.8. The van der Waals surface area contributed by atoms with E-state index in [9.17, 15) is 10.2 Å². The first-order chi connectivity index (χ1) is 6.11. The summed E-state index contributed by atoms with van der Waals surface area (Å²) < 4.78 is 4.83. The minimum Gasteiger partial charge on any atom is -0.394 e. The third-order valence-electron chi connectivity index (χ3n) is 1.96. The fourth-order valence-corrected chi connectivity index (χ4v) is 1.21. The van der Waals surface area contributed by atoms with Crippen LogP contribution in [0.3, 0.4) is 0 Å².